The predicted molar refractivity (Wildman–Crippen MR) is 66.2 cm³/mol. The molecule has 88 valence electrons. The maximum Gasteiger partial charge on any atom is 0.237 e. The van der Waals surface area contributed by atoms with Gasteiger partial charge in [0.25, 0.3) is 0 Å². The smallest absolute Gasteiger partial charge is 0.237 e. The number of thioether (sulfide) groups is 1. The summed E-state index contributed by atoms with van der Waals surface area (Å²) < 4.78 is 0. The molecule has 0 radical (unpaired) electrons. The Hall–Kier alpha value is -0.220. The van der Waals surface area contributed by atoms with Gasteiger partial charge in [-0.1, -0.05) is 13.3 Å². The first-order chi connectivity index (χ1) is 7.24. The highest BCUT2D eigenvalue weighted by atomic mass is 32.2. The molecule has 1 saturated heterocycles. The highest BCUT2D eigenvalue weighted by Crippen LogP contribution is 2.07. The van der Waals surface area contributed by atoms with Crippen LogP contribution >= 0.6 is 11.8 Å². The summed E-state index contributed by atoms with van der Waals surface area (Å²) in [6.45, 7) is 3.96. The summed E-state index contributed by atoms with van der Waals surface area (Å²) in [5.74, 6) is 1.86. The van der Waals surface area contributed by atoms with Gasteiger partial charge in [-0.05, 0) is 37.3 Å². The lowest BCUT2D eigenvalue weighted by atomic mass is 10.0. The van der Waals surface area contributed by atoms with E-state index in [1.807, 2.05) is 11.8 Å². The summed E-state index contributed by atoms with van der Waals surface area (Å²) in [6, 6.07) is 0.0558. The number of piperidine rings is 1. The summed E-state index contributed by atoms with van der Waals surface area (Å²) in [7, 11) is 0. The first kappa shape index (κ1) is 12.8. The Balaban J connectivity index is 2.16. The third kappa shape index (κ3) is 4.89. The number of carbonyl (C=O) groups excluding carboxylic acids is 1. The molecule has 0 saturated carbocycles. The Morgan fingerprint density at radius 3 is 3.00 bits per heavy atom. The first-order valence-corrected chi connectivity index (χ1v) is 7.13. The van der Waals surface area contributed by atoms with Crippen LogP contribution in [0.15, 0.2) is 0 Å². The van der Waals surface area contributed by atoms with Crippen LogP contribution in [0.3, 0.4) is 0 Å². The van der Waals surface area contributed by atoms with E-state index in [9.17, 15) is 4.79 Å². The molecular weight excluding hydrogens is 208 g/mol. The van der Waals surface area contributed by atoms with Crippen molar-refractivity contribution in [3.8, 4) is 0 Å². The SMILES string of the molecule is CSCC(C)CNC(=O)[C@H]1CCCCN1. The van der Waals surface area contributed by atoms with Gasteiger partial charge < -0.3 is 10.6 Å². The van der Waals surface area contributed by atoms with Gasteiger partial charge in [-0.15, -0.1) is 0 Å². The van der Waals surface area contributed by atoms with Gasteiger partial charge in [0.15, 0.2) is 0 Å². The van der Waals surface area contributed by atoms with Crippen LogP contribution in [0.25, 0.3) is 0 Å². The lowest BCUT2D eigenvalue weighted by molar-refractivity contribution is -0.123. The molecule has 1 heterocycles. The molecule has 4 heteroatoms. The van der Waals surface area contributed by atoms with Crippen LogP contribution in [-0.2, 0) is 4.79 Å². The standard InChI is InChI=1S/C11H22N2OS/c1-9(8-15-2)7-13-11(14)10-5-3-4-6-12-10/h9-10,12H,3-8H2,1-2H3,(H,13,14)/t9?,10-/m1/s1. The van der Waals surface area contributed by atoms with E-state index in [0.29, 0.717) is 5.92 Å². The fourth-order valence-corrected chi connectivity index (χ4v) is 2.50. The van der Waals surface area contributed by atoms with Crippen molar-refractivity contribution in [1.82, 2.24) is 10.6 Å². The predicted octanol–water partition coefficient (Wildman–Crippen LogP) is 1.24. The van der Waals surface area contributed by atoms with Crippen molar-refractivity contribution in [1.29, 1.82) is 0 Å². The summed E-state index contributed by atoms with van der Waals surface area (Å²) in [4.78, 5) is 11.7. The van der Waals surface area contributed by atoms with Crippen LogP contribution in [0.2, 0.25) is 0 Å². The molecule has 1 fully saturated rings. The van der Waals surface area contributed by atoms with Gasteiger partial charge in [0, 0.05) is 6.54 Å². The Morgan fingerprint density at radius 2 is 2.40 bits per heavy atom. The molecule has 0 aliphatic carbocycles. The molecule has 1 aliphatic rings. The normalized spacial score (nSPS) is 23.5. The second kappa shape index (κ2) is 7.12. The minimum atomic E-state index is 0.0558. The minimum Gasteiger partial charge on any atom is -0.354 e. The van der Waals surface area contributed by atoms with E-state index in [2.05, 4.69) is 23.8 Å². The first-order valence-electron chi connectivity index (χ1n) is 5.74. The summed E-state index contributed by atoms with van der Waals surface area (Å²) >= 11 is 1.83. The van der Waals surface area contributed by atoms with Crippen molar-refractivity contribution >= 4 is 17.7 Å². The quantitative estimate of drug-likeness (QED) is 0.747. The Morgan fingerprint density at radius 1 is 1.60 bits per heavy atom. The van der Waals surface area contributed by atoms with E-state index in [0.717, 1.165) is 25.3 Å². The molecule has 0 aromatic carbocycles. The van der Waals surface area contributed by atoms with E-state index >= 15 is 0 Å². The molecule has 2 N–H and O–H groups in total. The molecule has 0 bridgehead atoms. The number of nitrogens with one attached hydrogen (secondary N) is 2. The van der Waals surface area contributed by atoms with E-state index in [-0.39, 0.29) is 11.9 Å². The van der Waals surface area contributed by atoms with Gasteiger partial charge in [-0.3, -0.25) is 4.79 Å². The third-order valence-corrected chi connectivity index (χ3v) is 3.61. The van der Waals surface area contributed by atoms with Crippen LogP contribution < -0.4 is 10.6 Å². The van der Waals surface area contributed by atoms with E-state index in [1.165, 1.54) is 12.8 Å². The van der Waals surface area contributed by atoms with Gasteiger partial charge in [0.2, 0.25) is 5.91 Å². The van der Waals surface area contributed by atoms with Crippen LogP contribution in [0.1, 0.15) is 26.2 Å². The highest BCUT2D eigenvalue weighted by Gasteiger charge is 2.20. The minimum absolute atomic E-state index is 0.0558. The van der Waals surface area contributed by atoms with E-state index in [1.54, 1.807) is 0 Å². The summed E-state index contributed by atoms with van der Waals surface area (Å²) in [6.07, 6.45) is 5.46. The zero-order valence-corrected chi connectivity index (χ0v) is 10.5. The average Bonchev–Trinajstić information content (AvgIpc) is 2.27. The van der Waals surface area contributed by atoms with Crippen LogP contribution in [-0.4, -0.2) is 37.0 Å². The molecular formula is C11H22N2OS. The van der Waals surface area contributed by atoms with Gasteiger partial charge >= 0.3 is 0 Å². The molecule has 0 spiro atoms. The largest absolute Gasteiger partial charge is 0.354 e. The number of carbonyl (C=O) groups is 1. The molecule has 1 unspecified atom stereocenters. The fourth-order valence-electron chi connectivity index (χ4n) is 1.82. The fraction of sp³-hybridized carbons (Fsp3) is 0.909. The highest BCUT2D eigenvalue weighted by molar-refractivity contribution is 7.98. The molecule has 1 amide bonds. The van der Waals surface area contributed by atoms with Gasteiger partial charge in [-0.2, -0.15) is 11.8 Å². The molecule has 15 heavy (non-hydrogen) atoms. The lowest BCUT2D eigenvalue weighted by Gasteiger charge is -2.23. The van der Waals surface area contributed by atoms with Crippen molar-refractivity contribution in [3.05, 3.63) is 0 Å². The Labute approximate surface area is 96.8 Å². The van der Waals surface area contributed by atoms with Crippen molar-refractivity contribution in [3.63, 3.8) is 0 Å². The lowest BCUT2D eigenvalue weighted by Crippen LogP contribution is -2.47. The number of hydrogen-bond acceptors (Lipinski definition) is 3. The zero-order chi connectivity index (χ0) is 11.1. The summed E-state index contributed by atoms with van der Waals surface area (Å²) in [5, 5.41) is 6.28. The maximum absolute atomic E-state index is 11.7. The molecule has 1 rings (SSSR count). The third-order valence-electron chi connectivity index (χ3n) is 2.70. The molecule has 3 nitrogen and oxygen atoms in total. The number of hydrogen-bond donors (Lipinski definition) is 2. The van der Waals surface area contributed by atoms with Gasteiger partial charge in [-0.25, -0.2) is 0 Å². The average molecular weight is 230 g/mol. The van der Waals surface area contributed by atoms with E-state index < -0.39 is 0 Å². The number of rotatable bonds is 5. The van der Waals surface area contributed by atoms with Gasteiger partial charge in [0.05, 0.1) is 6.04 Å². The van der Waals surface area contributed by atoms with E-state index in [4.69, 9.17) is 0 Å². The summed E-state index contributed by atoms with van der Waals surface area (Å²) in [5.41, 5.74) is 0. The second-order valence-corrected chi connectivity index (χ2v) is 5.22. The van der Waals surface area contributed by atoms with Crippen molar-refractivity contribution in [2.75, 3.05) is 25.1 Å². The van der Waals surface area contributed by atoms with Crippen molar-refractivity contribution < 1.29 is 4.79 Å². The van der Waals surface area contributed by atoms with Crippen LogP contribution in [0, 0.1) is 5.92 Å². The Bertz CT molecular complexity index is 193. The molecule has 0 aromatic heterocycles. The van der Waals surface area contributed by atoms with Crippen molar-refractivity contribution in [2.45, 2.75) is 32.2 Å². The monoisotopic (exact) mass is 230 g/mol. The second-order valence-electron chi connectivity index (χ2n) is 4.31. The molecule has 0 aromatic rings. The Kier molecular flexibility index (Phi) is 6.10. The maximum atomic E-state index is 11.7. The number of amides is 1. The van der Waals surface area contributed by atoms with Gasteiger partial charge in [0.1, 0.15) is 0 Å². The molecule has 1 aliphatic heterocycles. The van der Waals surface area contributed by atoms with Crippen LogP contribution in [0.5, 0.6) is 0 Å². The molecule has 2 atom stereocenters. The topological polar surface area (TPSA) is 41.1 Å². The van der Waals surface area contributed by atoms with Crippen molar-refractivity contribution in [2.24, 2.45) is 5.92 Å². The van der Waals surface area contributed by atoms with Crippen LogP contribution in [0.4, 0.5) is 0 Å². The zero-order valence-electron chi connectivity index (χ0n) is 9.71.